The van der Waals surface area contributed by atoms with E-state index >= 15 is 0 Å². The lowest BCUT2D eigenvalue weighted by Crippen LogP contribution is -2.45. The second-order valence-electron chi connectivity index (χ2n) is 4.78. The molecule has 0 amide bonds. The molecule has 0 spiro atoms. The summed E-state index contributed by atoms with van der Waals surface area (Å²) in [5, 5.41) is 0. The molecule has 0 bridgehead atoms. The molecule has 1 fully saturated rings. The highest BCUT2D eigenvalue weighted by Crippen LogP contribution is 2.23. The molecule has 2 heteroatoms. The van der Waals surface area contributed by atoms with Gasteiger partial charge in [0.15, 0.2) is 0 Å². The van der Waals surface area contributed by atoms with Crippen molar-refractivity contribution < 1.29 is 0 Å². The summed E-state index contributed by atoms with van der Waals surface area (Å²) in [4.78, 5) is 2.41. The van der Waals surface area contributed by atoms with Crippen molar-refractivity contribution in [3.05, 3.63) is 0 Å². The van der Waals surface area contributed by atoms with E-state index in [1.807, 2.05) is 0 Å². The third-order valence-corrected chi connectivity index (χ3v) is 2.93. The summed E-state index contributed by atoms with van der Waals surface area (Å²) in [6.07, 6.45) is 3.98. The zero-order valence-corrected chi connectivity index (χ0v) is 8.64. The van der Waals surface area contributed by atoms with Crippen molar-refractivity contribution >= 4 is 0 Å². The maximum absolute atomic E-state index is 6.12. The van der Waals surface area contributed by atoms with Crippen molar-refractivity contribution in [1.29, 1.82) is 0 Å². The molecule has 2 nitrogen and oxygen atoms in total. The highest BCUT2D eigenvalue weighted by Gasteiger charge is 2.27. The largest absolute Gasteiger partial charge is 0.325 e. The molecule has 1 atom stereocenters. The highest BCUT2D eigenvalue weighted by atomic mass is 15.1. The second kappa shape index (κ2) is 3.75. The molecule has 1 unspecified atom stereocenters. The minimum Gasteiger partial charge on any atom is -0.325 e. The van der Waals surface area contributed by atoms with Crippen LogP contribution in [-0.4, -0.2) is 30.6 Å². The van der Waals surface area contributed by atoms with E-state index in [0.29, 0.717) is 5.92 Å². The first-order valence-electron chi connectivity index (χ1n) is 4.97. The first kappa shape index (κ1) is 10.0. The Bertz CT molecular complexity index is 137. The summed E-state index contributed by atoms with van der Waals surface area (Å²) in [7, 11) is 2.20. The Labute approximate surface area is 76.1 Å². The fourth-order valence-corrected chi connectivity index (χ4v) is 1.94. The number of nitrogens with zero attached hydrogens (tertiary/aromatic N) is 1. The molecule has 1 heterocycles. The van der Waals surface area contributed by atoms with E-state index in [1.165, 1.54) is 32.4 Å². The zero-order valence-electron chi connectivity index (χ0n) is 8.64. The Morgan fingerprint density at radius 2 is 2.00 bits per heavy atom. The van der Waals surface area contributed by atoms with E-state index in [9.17, 15) is 0 Å². The van der Waals surface area contributed by atoms with Crippen LogP contribution < -0.4 is 5.73 Å². The summed E-state index contributed by atoms with van der Waals surface area (Å²) >= 11 is 0. The maximum Gasteiger partial charge on any atom is 0.0138 e. The Morgan fingerprint density at radius 1 is 1.33 bits per heavy atom. The molecule has 12 heavy (non-hydrogen) atoms. The third kappa shape index (κ3) is 2.76. The smallest absolute Gasteiger partial charge is 0.0138 e. The molecule has 1 aliphatic heterocycles. The number of rotatable bonds is 1. The van der Waals surface area contributed by atoms with Gasteiger partial charge < -0.3 is 10.6 Å². The number of likely N-dealkylation sites (tertiary alicyclic amines) is 1. The Hall–Kier alpha value is -0.0800. The molecule has 1 saturated heterocycles. The summed E-state index contributed by atoms with van der Waals surface area (Å²) in [5.41, 5.74) is 6.11. The second-order valence-corrected chi connectivity index (χ2v) is 4.78. The van der Waals surface area contributed by atoms with Gasteiger partial charge in [0.25, 0.3) is 0 Å². The minimum absolute atomic E-state index is 0.00139. The molecule has 0 aromatic carbocycles. The van der Waals surface area contributed by atoms with Gasteiger partial charge in [-0.05, 0) is 46.2 Å². The number of hydrogen-bond acceptors (Lipinski definition) is 2. The SMILES string of the molecule is CN1CCCCC(C(C)(C)N)C1. The monoisotopic (exact) mass is 170 g/mol. The van der Waals surface area contributed by atoms with Crippen LogP contribution in [-0.2, 0) is 0 Å². The lowest BCUT2D eigenvalue weighted by Gasteiger charge is -2.31. The van der Waals surface area contributed by atoms with Crippen LogP contribution in [0, 0.1) is 5.92 Å². The van der Waals surface area contributed by atoms with Crippen LogP contribution >= 0.6 is 0 Å². The van der Waals surface area contributed by atoms with Gasteiger partial charge in [-0.15, -0.1) is 0 Å². The van der Waals surface area contributed by atoms with Crippen molar-refractivity contribution in [3.8, 4) is 0 Å². The van der Waals surface area contributed by atoms with Gasteiger partial charge in [0.2, 0.25) is 0 Å². The predicted molar refractivity (Wildman–Crippen MR) is 53.1 cm³/mol. The number of hydrogen-bond donors (Lipinski definition) is 1. The lowest BCUT2D eigenvalue weighted by molar-refractivity contribution is 0.228. The third-order valence-electron chi connectivity index (χ3n) is 2.93. The predicted octanol–water partition coefficient (Wildman–Crippen LogP) is 1.46. The van der Waals surface area contributed by atoms with Gasteiger partial charge in [-0.3, -0.25) is 0 Å². The summed E-state index contributed by atoms with van der Waals surface area (Å²) in [6, 6.07) is 0. The average Bonchev–Trinajstić information content (AvgIpc) is 2.11. The van der Waals surface area contributed by atoms with Crippen molar-refractivity contribution in [2.45, 2.75) is 38.6 Å². The molecule has 0 radical (unpaired) electrons. The molecule has 2 N–H and O–H groups in total. The van der Waals surface area contributed by atoms with Crippen LogP contribution in [0.3, 0.4) is 0 Å². The summed E-state index contributed by atoms with van der Waals surface area (Å²) in [6.45, 7) is 6.71. The van der Waals surface area contributed by atoms with E-state index in [2.05, 4.69) is 25.8 Å². The minimum atomic E-state index is -0.00139. The van der Waals surface area contributed by atoms with Crippen LogP contribution in [0.4, 0.5) is 0 Å². The molecule has 1 aliphatic rings. The van der Waals surface area contributed by atoms with Crippen LogP contribution in [0.1, 0.15) is 33.1 Å². The zero-order chi connectivity index (χ0) is 9.19. The quantitative estimate of drug-likeness (QED) is 0.645. The van der Waals surface area contributed by atoms with Gasteiger partial charge in [0, 0.05) is 12.1 Å². The van der Waals surface area contributed by atoms with Crippen LogP contribution in [0.25, 0.3) is 0 Å². The van der Waals surface area contributed by atoms with Crippen molar-refractivity contribution in [2.75, 3.05) is 20.1 Å². The molecule has 1 rings (SSSR count). The first-order valence-corrected chi connectivity index (χ1v) is 4.97. The first-order chi connectivity index (χ1) is 5.50. The van der Waals surface area contributed by atoms with Crippen LogP contribution in [0.15, 0.2) is 0 Å². The lowest BCUT2D eigenvalue weighted by atomic mass is 9.85. The van der Waals surface area contributed by atoms with E-state index in [-0.39, 0.29) is 5.54 Å². The average molecular weight is 170 g/mol. The Morgan fingerprint density at radius 3 is 2.58 bits per heavy atom. The van der Waals surface area contributed by atoms with E-state index < -0.39 is 0 Å². The van der Waals surface area contributed by atoms with E-state index in [4.69, 9.17) is 5.73 Å². The summed E-state index contributed by atoms with van der Waals surface area (Å²) in [5.74, 6) is 0.671. The van der Waals surface area contributed by atoms with Gasteiger partial charge in [-0.2, -0.15) is 0 Å². The Kier molecular flexibility index (Phi) is 3.13. The standard InChI is InChI=1S/C10H22N2/c1-10(2,11)9-6-4-5-7-12(3)8-9/h9H,4-8,11H2,1-3H3. The molecule has 0 aromatic rings. The van der Waals surface area contributed by atoms with Crippen molar-refractivity contribution in [2.24, 2.45) is 11.7 Å². The molecular weight excluding hydrogens is 148 g/mol. The topological polar surface area (TPSA) is 29.3 Å². The summed E-state index contributed by atoms with van der Waals surface area (Å²) < 4.78 is 0. The number of nitrogens with two attached hydrogens (primary N) is 1. The van der Waals surface area contributed by atoms with Crippen LogP contribution in [0.2, 0.25) is 0 Å². The molecule has 72 valence electrons. The molecule has 0 aliphatic carbocycles. The van der Waals surface area contributed by atoms with E-state index in [0.717, 1.165) is 0 Å². The van der Waals surface area contributed by atoms with Crippen molar-refractivity contribution in [3.63, 3.8) is 0 Å². The fraction of sp³-hybridized carbons (Fsp3) is 1.00. The van der Waals surface area contributed by atoms with E-state index in [1.54, 1.807) is 0 Å². The molecule has 0 saturated carbocycles. The van der Waals surface area contributed by atoms with Gasteiger partial charge >= 0.3 is 0 Å². The molecular formula is C10H22N2. The van der Waals surface area contributed by atoms with Gasteiger partial charge in [0.1, 0.15) is 0 Å². The fourth-order valence-electron chi connectivity index (χ4n) is 1.94. The molecule has 0 aromatic heterocycles. The normalized spacial score (nSPS) is 28.5. The Balaban J connectivity index is 2.52. The van der Waals surface area contributed by atoms with Gasteiger partial charge in [0.05, 0.1) is 0 Å². The van der Waals surface area contributed by atoms with Crippen LogP contribution in [0.5, 0.6) is 0 Å². The highest BCUT2D eigenvalue weighted by molar-refractivity contribution is 4.85. The maximum atomic E-state index is 6.12. The van der Waals surface area contributed by atoms with Crippen molar-refractivity contribution in [1.82, 2.24) is 4.90 Å². The van der Waals surface area contributed by atoms with Gasteiger partial charge in [-0.1, -0.05) is 6.42 Å². The van der Waals surface area contributed by atoms with Gasteiger partial charge in [-0.25, -0.2) is 0 Å².